The molecule has 0 saturated carbocycles. The first-order chi connectivity index (χ1) is 9.13. The highest BCUT2D eigenvalue weighted by Gasteiger charge is 2.45. The summed E-state index contributed by atoms with van der Waals surface area (Å²) in [6, 6.07) is 0. The number of aliphatic hydroxyl groups is 2. The molecule has 4 atom stereocenters. The van der Waals surface area contributed by atoms with Gasteiger partial charge in [0.1, 0.15) is 24.1 Å². The molecule has 2 aromatic heterocycles. The number of ether oxygens (including phenoxy) is 1. The lowest BCUT2D eigenvalue weighted by molar-refractivity contribution is -0.0459. The van der Waals surface area contributed by atoms with Crippen LogP contribution in [0.3, 0.4) is 0 Å². The maximum atomic E-state index is 14.0. The number of hydrogen-bond donors (Lipinski definition) is 3. The molecule has 9 heteroatoms. The van der Waals surface area contributed by atoms with Gasteiger partial charge < -0.3 is 20.7 Å². The Hall–Kier alpha value is -1.84. The minimum atomic E-state index is -1.69. The molecule has 0 spiro atoms. The van der Waals surface area contributed by atoms with Gasteiger partial charge in [-0.1, -0.05) is 0 Å². The van der Waals surface area contributed by atoms with Gasteiger partial charge in [-0.05, 0) is 0 Å². The maximum absolute atomic E-state index is 14.0. The number of anilines is 1. The SMILES string of the molecule is Nc1ncnc2c1ncn2[C@@H]1O[C@H](CO)C(O)C1F. The average Bonchev–Trinajstić information content (AvgIpc) is 2.94. The van der Waals surface area contributed by atoms with Crippen molar-refractivity contribution in [3.63, 3.8) is 0 Å². The van der Waals surface area contributed by atoms with Crippen LogP contribution in [0.15, 0.2) is 12.7 Å². The highest BCUT2D eigenvalue weighted by Crippen LogP contribution is 2.33. The van der Waals surface area contributed by atoms with Crippen molar-refractivity contribution >= 4 is 17.0 Å². The van der Waals surface area contributed by atoms with Crippen molar-refractivity contribution < 1.29 is 19.3 Å². The van der Waals surface area contributed by atoms with E-state index in [-0.39, 0.29) is 5.82 Å². The van der Waals surface area contributed by atoms with Gasteiger partial charge in [0.25, 0.3) is 0 Å². The van der Waals surface area contributed by atoms with Crippen LogP contribution in [-0.4, -0.2) is 54.7 Å². The van der Waals surface area contributed by atoms with Gasteiger partial charge in [-0.15, -0.1) is 0 Å². The maximum Gasteiger partial charge on any atom is 0.173 e. The van der Waals surface area contributed by atoms with Gasteiger partial charge in [0, 0.05) is 0 Å². The molecule has 4 N–H and O–H groups in total. The van der Waals surface area contributed by atoms with E-state index in [1.807, 2.05) is 0 Å². The van der Waals surface area contributed by atoms with Crippen molar-refractivity contribution in [1.82, 2.24) is 19.5 Å². The predicted molar refractivity (Wildman–Crippen MR) is 61.6 cm³/mol. The second-order valence-corrected chi connectivity index (χ2v) is 4.27. The van der Waals surface area contributed by atoms with Crippen molar-refractivity contribution in [2.45, 2.75) is 24.6 Å². The van der Waals surface area contributed by atoms with E-state index in [9.17, 15) is 9.50 Å². The van der Waals surface area contributed by atoms with E-state index >= 15 is 0 Å². The van der Waals surface area contributed by atoms with Gasteiger partial charge in [0.2, 0.25) is 0 Å². The monoisotopic (exact) mass is 269 g/mol. The molecular weight excluding hydrogens is 257 g/mol. The summed E-state index contributed by atoms with van der Waals surface area (Å²) >= 11 is 0. The molecule has 1 aliphatic heterocycles. The number of rotatable bonds is 2. The molecule has 0 bridgehead atoms. The topological polar surface area (TPSA) is 119 Å². The molecule has 102 valence electrons. The summed E-state index contributed by atoms with van der Waals surface area (Å²) in [4.78, 5) is 11.8. The van der Waals surface area contributed by atoms with Crippen LogP contribution < -0.4 is 5.73 Å². The van der Waals surface area contributed by atoms with Crippen molar-refractivity contribution in [3.05, 3.63) is 12.7 Å². The fourth-order valence-electron chi connectivity index (χ4n) is 2.13. The van der Waals surface area contributed by atoms with Gasteiger partial charge in [-0.3, -0.25) is 4.57 Å². The Balaban J connectivity index is 2.04. The van der Waals surface area contributed by atoms with Gasteiger partial charge >= 0.3 is 0 Å². The van der Waals surface area contributed by atoms with E-state index in [1.54, 1.807) is 0 Å². The highest BCUT2D eigenvalue weighted by molar-refractivity contribution is 5.81. The largest absolute Gasteiger partial charge is 0.394 e. The van der Waals surface area contributed by atoms with E-state index in [1.165, 1.54) is 17.2 Å². The number of fused-ring (bicyclic) bond motifs is 1. The van der Waals surface area contributed by atoms with E-state index in [0.717, 1.165) is 0 Å². The van der Waals surface area contributed by atoms with Crippen LogP contribution in [0.1, 0.15) is 6.23 Å². The van der Waals surface area contributed by atoms with E-state index < -0.39 is 31.2 Å². The quantitative estimate of drug-likeness (QED) is 0.639. The summed E-state index contributed by atoms with van der Waals surface area (Å²) in [6.45, 7) is -0.470. The zero-order chi connectivity index (χ0) is 13.6. The van der Waals surface area contributed by atoms with Crippen molar-refractivity contribution in [3.8, 4) is 0 Å². The lowest BCUT2D eigenvalue weighted by Gasteiger charge is -2.14. The molecule has 0 amide bonds. The summed E-state index contributed by atoms with van der Waals surface area (Å²) in [5, 5.41) is 18.6. The zero-order valence-corrected chi connectivity index (χ0v) is 9.72. The number of nitrogens with two attached hydrogens (primary N) is 1. The second kappa shape index (κ2) is 4.37. The number of nitrogens with zero attached hydrogens (tertiary/aromatic N) is 4. The Labute approximate surface area is 106 Å². The lowest BCUT2D eigenvalue weighted by Crippen LogP contribution is -2.30. The van der Waals surface area contributed by atoms with Crippen LogP contribution >= 0.6 is 0 Å². The number of hydrogen-bond acceptors (Lipinski definition) is 7. The average molecular weight is 269 g/mol. The van der Waals surface area contributed by atoms with Crippen LogP contribution in [-0.2, 0) is 4.74 Å². The molecular formula is C10H12FN5O3. The van der Waals surface area contributed by atoms with E-state index in [4.69, 9.17) is 15.6 Å². The number of aromatic nitrogens is 4. The van der Waals surface area contributed by atoms with Gasteiger partial charge in [0.05, 0.1) is 12.9 Å². The number of nitrogen functional groups attached to an aromatic ring is 1. The summed E-state index contributed by atoms with van der Waals surface area (Å²) in [6.07, 6.45) is -2.61. The van der Waals surface area contributed by atoms with Crippen molar-refractivity contribution in [1.29, 1.82) is 0 Å². The van der Waals surface area contributed by atoms with Gasteiger partial charge in [0.15, 0.2) is 23.9 Å². The van der Waals surface area contributed by atoms with E-state index in [2.05, 4.69) is 15.0 Å². The molecule has 1 fully saturated rings. The van der Waals surface area contributed by atoms with Crippen LogP contribution in [0.5, 0.6) is 0 Å². The molecule has 0 radical (unpaired) electrons. The Kier molecular flexibility index (Phi) is 2.81. The molecule has 2 unspecified atom stereocenters. The molecule has 8 nitrogen and oxygen atoms in total. The highest BCUT2D eigenvalue weighted by atomic mass is 19.1. The second-order valence-electron chi connectivity index (χ2n) is 4.27. The summed E-state index contributed by atoms with van der Waals surface area (Å²) in [7, 11) is 0. The van der Waals surface area contributed by atoms with Crippen LogP contribution in [0, 0.1) is 0 Å². The number of aliphatic hydroxyl groups excluding tert-OH is 2. The Bertz CT molecular complexity index is 606. The number of imidazole rings is 1. The molecule has 1 aliphatic rings. The lowest BCUT2D eigenvalue weighted by atomic mass is 10.1. The minimum Gasteiger partial charge on any atom is -0.394 e. The Morgan fingerprint density at radius 2 is 2.21 bits per heavy atom. The molecule has 19 heavy (non-hydrogen) atoms. The molecule has 0 aromatic carbocycles. The third-order valence-corrected chi connectivity index (χ3v) is 3.13. The van der Waals surface area contributed by atoms with Crippen LogP contribution in [0.2, 0.25) is 0 Å². The van der Waals surface area contributed by atoms with Crippen molar-refractivity contribution in [2.24, 2.45) is 0 Å². The Morgan fingerprint density at radius 1 is 1.42 bits per heavy atom. The Morgan fingerprint density at radius 3 is 2.89 bits per heavy atom. The first-order valence-corrected chi connectivity index (χ1v) is 5.65. The summed E-state index contributed by atoms with van der Waals surface area (Å²) in [5.74, 6) is 0.177. The van der Waals surface area contributed by atoms with Crippen LogP contribution in [0.4, 0.5) is 10.2 Å². The van der Waals surface area contributed by atoms with E-state index in [0.29, 0.717) is 11.2 Å². The first-order valence-electron chi connectivity index (χ1n) is 5.65. The van der Waals surface area contributed by atoms with Crippen LogP contribution in [0.25, 0.3) is 11.2 Å². The first kappa shape index (κ1) is 12.2. The molecule has 1 saturated heterocycles. The van der Waals surface area contributed by atoms with Gasteiger partial charge in [-0.25, -0.2) is 19.3 Å². The molecule has 3 heterocycles. The zero-order valence-electron chi connectivity index (χ0n) is 9.72. The normalized spacial score (nSPS) is 31.1. The standard InChI is InChI=1S/C10H12FN5O3/c11-5-7(18)4(1-17)19-10(5)16-3-15-6-8(12)13-2-14-9(6)16/h2-5,7,10,17-18H,1H2,(H2,12,13,14)/t4-,5?,7?,10-/m1/s1. The molecule has 3 rings (SSSR count). The predicted octanol–water partition coefficient (Wildman–Crippen LogP) is -1.00. The minimum absolute atomic E-state index is 0.177. The summed E-state index contributed by atoms with van der Waals surface area (Å²) < 4.78 is 20.6. The van der Waals surface area contributed by atoms with Gasteiger partial charge in [-0.2, -0.15) is 0 Å². The fourth-order valence-corrected chi connectivity index (χ4v) is 2.13. The third kappa shape index (κ3) is 1.74. The third-order valence-electron chi connectivity index (χ3n) is 3.13. The smallest absolute Gasteiger partial charge is 0.173 e. The summed E-state index contributed by atoms with van der Waals surface area (Å²) in [5.41, 5.74) is 6.28. The molecule has 0 aliphatic carbocycles. The van der Waals surface area contributed by atoms with Crippen molar-refractivity contribution in [2.75, 3.05) is 12.3 Å². The number of alkyl halides is 1. The molecule has 2 aromatic rings. The number of halogens is 1. The fraction of sp³-hybridized carbons (Fsp3) is 0.500.